The minimum absolute atomic E-state index is 0.211. The fraction of sp³-hybridized carbons (Fsp3) is 0.333. The molecule has 3 rings (SSSR count). The van der Waals surface area contributed by atoms with Crippen LogP contribution in [0.5, 0.6) is 0 Å². The van der Waals surface area contributed by atoms with Gasteiger partial charge in [0.1, 0.15) is 4.90 Å². The Bertz CT molecular complexity index is 872. The van der Waals surface area contributed by atoms with E-state index >= 15 is 0 Å². The molecule has 0 atom stereocenters. The number of nitrogens with zero attached hydrogens (tertiary/aromatic N) is 2. The Morgan fingerprint density at radius 2 is 2.23 bits per heavy atom. The summed E-state index contributed by atoms with van der Waals surface area (Å²) in [6.45, 7) is 2.08. The molecule has 8 nitrogen and oxygen atoms in total. The molecule has 2 aromatic rings. The fourth-order valence-electron chi connectivity index (χ4n) is 2.18. The van der Waals surface area contributed by atoms with Crippen LogP contribution in [-0.4, -0.2) is 47.6 Å². The van der Waals surface area contributed by atoms with Crippen LogP contribution >= 0.6 is 0 Å². The molecule has 0 aromatic carbocycles. The number of carboxylic acid groups (broad SMARTS) is 1. The molecule has 118 valence electrons. The van der Waals surface area contributed by atoms with E-state index in [0.29, 0.717) is 0 Å². The number of sulfonamides is 1. The summed E-state index contributed by atoms with van der Waals surface area (Å²) in [6, 6.07) is 0.805. The first-order chi connectivity index (χ1) is 10.2. The number of carboxylic acids is 1. The predicted octanol–water partition coefficient (Wildman–Crippen LogP) is 0.239. The molecular formula is C12H12FN3O5S. The summed E-state index contributed by atoms with van der Waals surface area (Å²) >= 11 is 0. The maximum absolute atomic E-state index is 14.0. The highest BCUT2D eigenvalue weighted by Crippen LogP contribution is 2.22. The Morgan fingerprint density at radius 3 is 2.77 bits per heavy atom. The number of halogens is 1. The lowest BCUT2D eigenvalue weighted by Crippen LogP contribution is -2.59. The molecule has 3 heterocycles. The standard InChI is InChI=1S/C12H12FN3O5S/c1-12(5-21-6-12)15-22(19,20)7-2-8(13)10-14-3-9(11(17)18)16(10)4-7/h2-4,15H,5-6H2,1H3,(H,17,18). The highest BCUT2D eigenvalue weighted by Gasteiger charge is 2.38. The monoisotopic (exact) mass is 329 g/mol. The Balaban J connectivity index is 2.10. The molecule has 0 bridgehead atoms. The van der Waals surface area contributed by atoms with Gasteiger partial charge in [-0.15, -0.1) is 0 Å². The van der Waals surface area contributed by atoms with Crippen LogP contribution in [0.15, 0.2) is 23.4 Å². The van der Waals surface area contributed by atoms with Crippen molar-refractivity contribution in [3.63, 3.8) is 0 Å². The first-order valence-corrected chi connectivity index (χ1v) is 7.72. The third-order valence-corrected chi connectivity index (χ3v) is 4.89. The molecule has 0 unspecified atom stereocenters. The van der Waals surface area contributed by atoms with Gasteiger partial charge < -0.3 is 9.84 Å². The topological polar surface area (TPSA) is 110 Å². The van der Waals surface area contributed by atoms with Gasteiger partial charge in [0.2, 0.25) is 10.0 Å². The van der Waals surface area contributed by atoms with Crippen molar-refractivity contribution >= 4 is 21.6 Å². The van der Waals surface area contributed by atoms with Gasteiger partial charge in [-0.05, 0) is 13.0 Å². The molecule has 0 saturated carbocycles. The first-order valence-electron chi connectivity index (χ1n) is 6.23. The number of imidazole rings is 1. The van der Waals surface area contributed by atoms with Gasteiger partial charge in [-0.3, -0.25) is 4.40 Å². The van der Waals surface area contributed by atoms with Crippen LogP contribution in [0.2, 0.25) is 0 Å². The van der Waals surface area contributed by atoms with Crippen molar-refractivity contribution in [1.82, 2.24) is 14.1 Å². The van der Waals surface area contributed by atoms with Gasteiger partial charge >= 0.3 is 5.97 Å². The van der Waals surface area contributed by atoms with Crippen LogP contribution in [0, 0.1) is 5.82 Å². The Kier molecular flexibility index (Phi) is 3.20. The van der Waals surface area contributed by atoms with Crippen molar-refractivity contribution in [2.24, 2.45) is 0 Å². The average molecular weight is 329 g/mol. The first kappa shape index (κ1) is 14.9. The SMILES string of the molecule is CC1(NS(=O)(=O)c2cc(F)c3ncc(C(=O)O)n3c2)COC1. The molecule has 1 saturated heterocycles. The number of pyridine rings is 1. The molecule has 2 N–H and O–H groups in total. The normalized spacial score (nSPS) is 17.4. The quantitative estimate of drug-likeness (QED) is 0.831. The lowest BCUT2D eigenvalue weighted by atomic mass is 10.0. The smallest absolute Gasteiger partial charge is 0.354 e. The van der Waals surface area contributed by atoms with E-state index in [2.05, 4.69) is 9.71 Å². The summed E-state index contributed by atoms with van der Waals surface area (Å²) < 4.78 is 46.9. The van der Waals surface area contributed by atoms with Crippen molar-refractivity contribution in [2.75, 3.05) is 13.2 Å². The molecule has 0 aliphatic carbocycles. The summed E-state index contributed by atoms with van der Waals surface area (Å²) in [5.41, 5.74) is -1.34. The van der Waals surface area contributed by atoms with Crippen molar-refractivity contribution in [2.45, 2.75) is 17.4 Å². The fourth-order valence-corrected chi connectivity index (χ4v) is 3.57. The van der Waals surface area contributed by atoms with E-state index in [9.17, 15) is 17.6 Å². The molecule has 2 aromatic heterocycles. The van der Waals surface area contributed by atoms with Gasteiger partial charge in [0.25, 0.3) is 0 Å². The van der Waals surface area contributed by atoms with Gasteiger partial charge in [-0.25, -0.2) is 27.3 Å². The predicted molar refractivity (Wildman–Crippen MR) is 71.7 cm³/mol. The summed E-state index contributed by atoms with van der Waals surface area (Å²) in [4.78, 5) is 14.3. The maximum Gasteiger partial charge on any atom is 0.354 e. The number of aromatic nitrogens is 2. The van der Waals surface area contributed by atoms with Crippen molar-refractivity contribution in [3.8, 4) is 0 Å². The molecule has 10 heteroatoms. The van der Waals surface area contributed by atoms with E-state index in [1.807, 2.05) is 0 Å². The molecule has 0 spiro atoms. The zero-order chi connectivity index (χ0) is 16.1. The number of nitrogens with one attached hydrogen (secondary N) is 1. The highest BCUT2D eigenvalue weighted by molar-refractivity contribution is 7.89. The third-order valence-electron chi connectivity index (χ3n) is 3.29. The number of rotatable bonds is 4. The third kappa shape index (κ3) is 2.34. The summed E-state index contributed by atoms with van der Waals surface area (Å²) in [5.74, 6) is -2.26. The number of carbonyl (C=O) groups is 1. The number of fused-ring (bicyclic) bond motifs is 1. The second-order valence-electron chi connectivity index (χ2n) is 5.32. The minimum Gasteiger partial charge on any atom is -0.477 e. The van der Waals surface area contributed by atoms with Crippen LogP contribution in [-0.2, 0) is 14.8 Å². The summed E-state index contributed by atoms with van der Waals surface area (Å²) in [5, 5.41) is 9.03. The van der Waals surface area contributed by atoms with E-state index in [1.165, 1.54) is 0 Å². The zero-order valence-corrected chi connectivity index (χ0v) is 12.2. The van der Waals surface area contributed by atoms with Crippen LogP contribution in [0.1, 0.15) is 17.4 Å². The van der Waals surface area contributed by atoms with E-state index in [1.54, 1.807) is 6.92 Å². The molecule has 22 heavy (non-hydrogen) atoms. The molecular weight excluding hydrogens is 317 g/mol. The summed E-state index contributed by atoms with van der Waals surface area (Å²) in [7, 11) is -4.02. The lowest BCUT2D eigenvalue weighted by molar-refractivity contribution is -0.0523. The molecule has 1 aliphatic rings. The molecule has 1 fully saturated rings. The van der Waals surface area contributed by atoms with E-state index in [-0.39, 0.29) is 29.5 Å². The number of ether oxygens (including phenoxy) is 1. The van der Waals surface area contributed by atoms with Crippen LogP contribution < -0.4 is 4.72 Å². The van der Waals surface area contributed by atoms with Crippen molar-refractivity contribution < 1.29 is 27.4 Å². The van der Waals surface area contributed by atoms with E-state index in [0.717, 1.165) is 22.9 Å². The number of hydrogen-bond acceptors (Lipinski definition) is 5. The van der Waals surface area contributed by atoms with Gasteiger partial charge in [-0.2, -0.15) is 0 Å². The molecule has 0 radical (unpaired) electrons. The Morgan fingerprint density at radius 1 is 1.55 bits per heavy atom. The van der Waals surface area contributed by atoms with Crippen LogP contribution in [0.3, 0.4) is 0 Å². The second-order valence-corrected chi connectivity index (χ2v) is 7.01. The van der Waals surface area contributed by atoms with Gasteiger partial charge in [0.05, 0.1) is 24.9 Å². The van der Waals surface area contributed by atoms with E-state index in [4.69, 9.17) is 9.84 Å². The van der Waals surface area contributed by atoms with Crippen molar-refractivity contribution in [3.05, 3.63) is 30.0 Å². The molecule has 1 aliphatic heterocycles. The van der Waals surface area contributed by atoms with Gasteiger partial charge in [-0.1, -0.05) is 0 Å². The summed E-state index contributed by atoms with van der Waals surface area (Å²) in [6.07, 6.45) is 1.99. The lowest BCUT2D eigenvalue weighted by Gasteiger charge is -2.38. The van der Waals surface area contributed by atoms with Crippen LogP contribution in [0.4, 0.5) is 4.39 Å². The average Bonchev–Trinajstić information content (AvgIpc) is 2.81. The number of hydrogen-bond donors (Lipinski definition) is 2. The maximum atomic E-state index is 14.0. The largest absolute Gasteiger partial charge is 0.477 e. The minimum atomic E-state index is -4.02. The highest BCUT2D eigenvalue weighted by atomic mass is 32.2. The van der Waals surface area contributed by atoms with E-state index < -0.39 is 27.3 Å². The number of aromatic carboxylic acids is 1. The van der Waals surface area contributed by atoms with Gasteiger partial charge in [0, 0.05) is 6.20 Å². The second kappa shape index (κ2) is 4.73. The Hall–Kier alpha value is -2.04. The van der Waals surface area contributed by atoms with Crippen LogP contribution in [0.25, 0.3) is 5.65 Å². The Labute approximate surface area is 124 Å². The molecule has 0 amide bonds. The van der Waals surface area contributed by atoms with Gasteiger partial charge in [0.15, 0.2) is 17.2 Å². The van der Waals surface area contributed by atoms with Crippen molar-refractivity contribution in [1.29, 1.82) is 0 Å². The zero-order valence-electron chi connectivity index (χ0n) is 11.4.